The van der Waals surface area contributed by atoms with E-state index in [2.05, 4.69) is 42.9 Å². The zero-order valence-electron chi connectivity index (χ0n) is 10.8. The third-order valence-electron chi connectivity index (χ3n) is 2.93. The first-order chi connectivity index (χ1) is 7.54. The highest BCUT2D eigenvalue weighted by molar-refractivity contribution is 5.09. The molecule has 1 unspecified atom stereocenters. The van der Waals surface area contributed by atoms with E-state index in [4.69, 9.17) is 5.73 Å². The minimum absolute atomic E-state index is 0.419. The lowest BCUT2D eigenvalue weighted by molar-refractivity contribution is 0.188. The summed E-state index contributed by atoms with van der Waals surface area (Å²) in [6, 6.07) is 6.56. The monoisotopic (exact) mass is 221 g/mol. The Morgan fingerprint density at radius 2 is 2.06 bits per heavy atom. The van der Waals surface area contributed by atoms with Crippen LogP contribution in [0, 0.1) is 12.8 Å². The van der Waals surface area contributed by atoms with Gasteiger partial charge in [0, 0.05) is 24.8 Å². The Morgan fingerprint density at radius 3 is 2.56 bits per heavy atom. The number of aromatic nitrogens is 1. The molecule has 1 atom stereocenters. The number of nitrogens with zero attached hydrogens (tertiary/aromatic N) is 2. The molecule has 3 nitrogen and oxygen atoms in total. The predicted octanol–water partition coefficient (Wildman–Crippen LogP) is 1.81. The molecular weight excluding hydrogens is 198 g/mol. The highest BCUT2D eigenvalue weighted by atomic mass is 15.1. The average Bonchev–Trinajstić information content (AvgIpc) is 2.17. The second kappa shape index (κ2) is 5.97. The van der Waals surface area contributed by atoms with Crippen LogP contribution >= 0.6 is 0 Å². The average molecular weight is 221 g/mol. The van der Waals surface area contributed by atoms with Crippen molar-refractivity contribution < 1.29 is 0 Å². The Labute approximate surface area is 98.7 Å². The molecule has 2 N–H and O–H groups in total. The van der Waals surface area contributed by atoms with Gasteiger partial charge in [-0.1, -0.05) is 19.9 Å². The summed E-state index contributed by atoms with van der Waals surface area (Å²) < 4.78 is 0. The standard InChI is InChI=1S/C13H23N3/c1-10(2)13(8-14)16(4)9-12-7-5-6-11(3)15-12/h5-7,10,13H,8-9,14H2,1-4H3. The molecule has 0 aromatic carbocycles. The number of likely N-dealkylation sites (N-methyl/N-ethyl adjacent to an activating group) is 1. The fourth-order valence-electron chi connectivity index (χ4n) is 2.02. The fraction of sp³-hybridized carbons (Fsp3) is 0.615. The molecule has 16 heavy (non-hydrogen) atoms. The minimum atomic E-state index is 0.419. The maximum atomic E-state index is 5.80. The number of hydrogen-bond acceptors (Lipinski definition) is 3. The van der Waals surface area contributed by atoms with Crippen LogP contribution in [0.2, 0.25) is 0 Å². The maximum Gasteiger partial charge on any atom is 0.0547 e. The lowest BCUT2D eigenvalue weighted by Gasteiger charge is -2.29. The molecule has 0 aliphatic heterocycles. The summed E-state index contributed by atoms with van der Waals surface area (Å²) >= 11 is 0. The molecular formula is C13H23N3. The largest absolute Gasteiger partial charge is 0.329 e. The van der Waals surface area contributed by atoms with Gasteiger partial charge >= 0.3 is 0 Å². The molecule has 1 heterocycles. The Bertz CT molecular complexity index is 323. The summed E-state index contributed by atoms with van der Waals surface area (Å²) in [6.45, 7) is 7.99. The Morgan fingerprint density at radius 1 is 1.38 bits per heavy atom. The molecule has 0 saturated heterocycles. The van der Waals surface area contributed by atoms with Crippen LogP contribution in [-0.2, 0) is 6.54 Å². The molecule has 3 heteroatoms. The first-order valence-electron chi connectivity index (χ1n) is 5.87. The summed E-state index contributed by atoms with van der Waals surface area (Å²) in [4.78, 5) is 6.79. The lowest BCUT2D eigenvalue weighted by Crippen LogP contribution is -2.41. The van der Waals surface area contributed by atoms with Crippen molar-refractivity contribution in [1.29, 1.82) is 0 Å². The van der Waals surface area contributed by atoms with E-state index in [0.29, 0.717) is 18.5 Å². The van der Waals surface area contributed by atoms with Gasteiger partial charge in [0.1, 0.15) is 0 Å². The smallest absolute Gasteiger partial charge is 0.0547 e. The van der Waals surface area contributed by atoms with Crippen molar-refractivity contribution >= 4 is 0 Å². The van der Waals surface area contributed by atoms with Gasteiger partial charge in [-0.05, 0) is 32.0 Å². The number of hydrogen-bond donors (Lipinski definition) is 1. The molecule has 0 fully saturated rings. The summed E-state index contributed by atoms with van der Waals surface area (Å²) in [5.74, 6) is 0.569. The summed E-state index contributed by atoms with van der Waals surface area (Å²) in [5, 5.41) is 0. The van der Waals surface area contributed by atoms with E-state index in [9.17, 15) is 0 Å². The first kappa shape index (κ1) is 13.1. The van der Waals surface area contributed by atoms with Crippen LogP contribution in [0.15, 0.2) is 18.2 Å². The lowest BCUT2D eigenvalue weighted by atomic mass is 10.0. The van der Waals surface area contributed by atoms with E-state index in [0.717, 1.165) is 17.9 Å². The van der Waals surface area contributed by atoms with Crippen molar-refractivity contribution in [3.8, 4) is 0 Å². The molecule has 1 aromatic rings. The van der Waals surface area contributed by atoms with Gasteiger partial charge in [-0.15, -0.1) is 0 Å². The van der Waals surface area contributed by atoms with Crippen LogP contribution in [0.3, 0.4) is 0 Å². The topological polar surface area (TPSA) is 42.1 Å². The highest BCUT2D eigenvalue weighted by Crippen LogP contribution is 2.11. The Balaban J connectivity index is 2.66. The molecule has 1 aromatic heterocycles. The van der Waals surface area contributed by atoms with Crippen molar-refractivity contribution in [2.24, 2.45) is 11.7 Å². The van der Waals surface area contributed by atoms with Crippen LogP contribution in [0.1, 0.15) is 25.2 Å². The van der Waals surface area contributed by atoms with E-state index < -0.39 is 0 Å². The van der Waals surface area contributed by atoms with Gasteiger partial charge in [0.15, 0.2) is 0 Å². The summed E-state index contributed by atoms with van der Waals surface area (Å²) in [6.07, 6.45) is 0. The van der Waals surface area contributed by atoms with Crippen LogP contribution in [0.4, 0.5) is 0 Å². The van der Waals surface area contributed by atoms with Crippen molar-refractivity contribution in [2.45, 2.75) is 33.4 Å². The minimum Gasteiger partial charge on any atom is -0.329 e. The number of aryl methyl sites for hydroxylation is 1. The van der Waals surface area contributed by atoms with Gasteiger partial charge in [-0.2, -0.15) is 0 Å². The molecule has 0 saturated carbocycles. The molecule has 0 radical (unpaired) electrons. The maximum absolute atomic E-state index is 5.80. The quantitative estimate of drug-likeness (QED) is 0.824. The van der Waals surface area contributed by atoms with E-state index in [1.807, 2.05) is 13.0 Å². The highest BCUT2D eigenvalue weighted by Gasteiger charge is 2.17. The third kappa shape index (κ3) is 3.58. The Hall–Kier alpha value is -0.930. The van der Waals surface area contributed by atoms with Gasteiger partial charge in [0.25, 0.3) is 0 Å². The summed E-state index contributed by atoms with van der Waals surface area (Å²) in [5.41, 5.74) is 7.98. The van der Waals surface area contributed by atoms with Crippen molar-refractivity contribution in [3.05, 3.63) is 29.6 Å². The third-order valence-corrected chi connectivity index (χ3v) is 2.93. The molecule has 90 valence electrons. The van der Waals surface area contributed by atoms with Crippen molar-refractivity contribution in [2.75, 3.05) is 13.6 Å². The van der Waals surface area contributed by atoms with Gasteiger partial charge in [0.2, 0.25) is 0 Å². The fourth-order valence-corrected chi connectivity index (χ4v) is 2.02. The van der Waals surface area contributed by atoms with Crippen LogP contribution < -0.4 is 5.73 Å². The first-order valence-corrected chi connectivity index (χ1v) is 5.87. The molecule has 0 aliphatic rings. The van der Waals surface area contributed by atoms with Crippen molar-refractivity contribution in [1.82, 2.24) is 9.88 Å². The number of pyridine rings is 1. The molecule has 1 rings (SSSR count). The van der Waals surface area contributed by atoms with Crippen LogP contribution in [0.5, 0.6) is 0 Å². The van der Waals surface area contributed by atoms with Crippen LogP contribution in [0.25, 0.3) is 0 Å². The molecule has 0 amide bonds. The number of rotatable bonds is 5. The van der Waals surface area contributed by atoms with Gasteiger partial charge in [-0.3, -0.25) is 9.88 Å². The zero-order chi connectivity index (χ0) is 12.1. The van der Waals surface area contributed by atoms with Gasteiger partial charge in [0.05, 0.1) is 5.69 Å². The van der Waals surface area contributed by atoms with E-state index in [1.165, 1.54) is 0 Å². The SMILES string of the molecule is Cc1cccc(CN(C)C(CN)C(C)C)n1. The van der Waals surface area contributed by atoms with E-state index in [-0.39, 0.29) is 0 Å². The second-order valence-corrected chi connectivity index (χ2v) is 4.73. The van der Waals surface area contributed by atoms with Crippen molar-refractivity contribution in [3.63, 3.8) is 0 Å². The number of nitrogens with two attached hydrogens (primary N) is 1. The normalized spacial score (nSPS) is 13.4. The van der Waals surface area contributed by atoms with Gasteiger partial charge in [-0.25, -0.2) is 0 Å². The molecule has 0 bridgehead atoms. The molecule has 0 spiro atoms. The van der Waals surface area contributed by atoms with E-state index in [1.54, 1.807) is 0 Å². The molecule has 0 aliphatic carbocycles. The van der Waals surface area contributed by atoms with Gasteiger partial charge < -0.3 is 5.73 Å². The Kier molecular flexibility index (Phi) is 4.90. The predicted molar refractivity (Wildman–Crippen MR) is 68.1 cm³/mol. The summed E-state index contributed by atoms with van der Waals surface area (Å²) in [7, 11) is 2.11. The van der Waals surface area contributed by atoms with E-state index >= 15 is 0 Å². The van der Waals surface area contributed by atoms with Crippen LogP contribution in [-0.4, -0.2) is 29.5 Å². The zero-order valence-corrected chi connectivity index (χ0v) is 10.8. The second-order valence-electron chi connectivity index (χ2n) is 4.73.